The van der Waals surface area contributed by atoms with Crippen molar-refractivity contribution in [2.24, 2.45) is 0 Å². The van der Waals surface area contributed by atoms with E-state index in [9.17, 15) is 9.59 Å². The smallest absolute Gasteiger partial charge is 0.268 e. The van der Waals surface area contributed by atoms with E-state index >= 15 is 0 Å². The van der Waals surface area contributed by atoms with Crippen LogP contribution in [0.25, 0.3) is 0 Å². The second kappa shape index (κ2) is 6.25. The quantitative estimate of drug-likeness (QED) is 0.846. The highest BCUT2D eigenvalue weighted by Gasteiger charge is 2.02. The van der Waals surface area contributed by atoms with Crippen molar-refractivity contribution in [1.29, 1.82) is 0 Å². The van der Waals surface area contributed by atoms with Crippen LogP contribution in [-0.4, -0.2) is 28.4 Å². The molecule has 0 saturated heterocycles. The molecular weight excluding hydrogens is 270 g/mol. The zero-order valence-corrected chi connectivity index (χ0v) is 12.2. The lowest BCUT2D eigenvalue weighted by Gasteiger charge is -2.12. The molecule has 2 aromatic rings. The van der Waals surface area contributed by atoms with E-state index in [4.69, 9.17) is 5.73 Å². The third-order valence-electron chi connectivity index (χ3n) is 3.15. The minimum atomic E-state index is -0.152. The molecule has 2 heterocycles. The summed E-state index contributed by atoms with van der Waals surface area (Å²) in [5.74, 6) is 0. The lowest BCUT2D eigenvalue weighted by Crippen LogP contribution is -2.26. The van der Waals surface area contributed by atoms with Gasteiger partial charge in [-0.05, 0) is 12.5 Å². The predicted molar refractivity (Wildman–Crippen MR) is 82.6 cm³/mol. The Morgan fingerprint density at radius 2 is 1.95 bits per heavy atom. The fourth-order valence-corrected chi connectivity index (χ4v) is 1.95. The molecular formula is C14H19N5O2. The summed E-state index contributed by atoms with van der Waals surface area (Å²) in [6, 6.07) is 4.55. The van der Waals surface area contributed by atoms with E-state index in [1.165, 1.54) is 15.3 Å². The number of aryl methyl sites for hydroxylation is 2. The third kappa shape index (κ3) is 3.71. The van der Waals surface area contributed by atoms with E-state index in [-0.39, 0.29) is 11.1 Å². The zero-order chi connectivity index (χ0) is 15.4. The first-order valence-corrected chi connectivity index (χ1v) is 6.68. The van der Waals surface area contributed by atoms with E-state index < -0.39 is 0 Å². The summed E-state index contributed by atoms with van der Waals surface area (Å²) < 4.78 is 2.93. The van der Waals surface area contributed by atoms with Crippen LogP contribution in [0.4, 0.5) is 11.4 Å². The molecule has 0 spiro atoms. The highest BCUT2D eigenvalue weighted by atomic mass is 16.1. The van der Waals surface area contributed by atoms with Crippen LogP contribution in [0.3, 0.4) is 0 Å². The monoisotopic (exact) mass is 289 g/mol. The van der Waals surface area contributed by atoms with Crippen LogP contribution in [0.5, 0.6) is 0 Å². The lowest BCUT2D eigenvalue weighted by molar-refractivity contribution is 0.501. The molecule has 0 saturated carbocycles. The number of pyridine rings is 1. The van der Waals surface area contributed by atoms with Crippen molar-refractivity contribution in [3.05, 3.63) is 51.3 Å². The van der Waals surface area contributed by atoms with Crippen LogP contribution in [0.15, 0.2) is 40.2 Å². The molecule has 2 N–H and O–H groups in total. The molecule has 0 atom stereocenters. The summed E-state index contributed by atoms with van der Waals surface area (Å²) >= 11 is 0. The lowest BCUT2D eigenvalue weighted by atomic mass is 10.3. The van der Waals surface area contributed by atoms with Crippen molar-refractivity contribution < 1.29 is 0 Å². The maximum absolute atomic E-state index is 11.9. The molecule has 2 aromatic heterocycles. The Balaban J connectivity index is 2.02. The second-order valence-corrected chi connectivity index (χ2v) is 5.02. The number of rotatable bonds is 5. The van der Waals surface area contributed by atoms with Gasteiger partial charge in [-0.1, -0.05) is 0 Å². The van der Waals surface area contributed by atoms with Crippen LogP contribution in [0.2, 0.25) is 0 Å². The molecule has 0 aliphatic rings. The molecule has 7 heteroatoms. The Bertz CT molecular complexity index is 733. The molecule has 0 aromatic carbocycles. The van der Waals surface area contributed by atoms with Gasteiger partial charge in [-0.2, -0.15) is 5.10 Å². The van der Waals surface area contributed by atoms with Gasteiger partial charge in [-0.3, -0.25) is 9.59 Å². The van der Waals surface area contributed by atoms with Gasteiger partial charge in [-0.15, -0.1) is 0 Å². The maximum Gasteiger partial charge on any atom is 0.268 e. The van der Waals surface area contributed by atoms with Crippen LogP contribution in [0, 0.1) is 0 Å². The molecule has 0 unspecified atom stereocenters. The average molecular weight is 289 g/mol. The highest BCUT2D eigenvalue weighted by Crippen LogP contribution is 2.03. The van der Waals surface area contributed by atoms with E-state index in [0.717, 1.165) is 5.69 Å². The molecule has 7 nitrogen and oxygen atoms in total. The Labute approximate surface area is 122 Å². The predicted octanol–water partition coefficient (Wildman–Crippen LogP) is 0.144. The fourth-order valence-electron chi connectivity index (χ4n) is 1.95. The molecule has 0 fully saturated rings. The van der Waals surface area contributed by atoms with Crippen molar-refractivity contribution in [3.8, 4) is 0 Å². The van der Waals surface area contributed by atoms with Gasteiger partial charge in [0, 0.05) is 51.2 Å². The summed E-state index contributed by atoms with van der Waals surface area (Å²) in [6.45, 7) is 0.946. The summed E-state index contributed by atoms with van der Waals surface area (Å²) in [5.41, 5.74) is 6.70. The molecule has 0 bridgehead atoms. The first kappa shape index (κ1) is 14.8. The molecule has 0 amide bonds. The number of hydrogen-bond donors (Lipinski definition) is 1. The largest absolute Gasteiger partial charge is 0.398 e. The summed E-state index contributed by atoms with van der Waals surface area (Å²) in [6.07, 6.45) is 3.87. The second-order valence-electron chi connectivity index (χ2n) is 5.02. The highest BCUT2D eigenvalue weighted by molar-refractivity contribution is 5.40. The molecule has 21 heavy (non-hydrogen) atoms. The first-order chi connectivity index (χ1) is 9.97. The van der Waals surface area contributed by atoms with Crippen molar-refractivity contribution in [1.82, 2.24) is 14.3 Å². The topological polar surface area (TPSA) is 86.2 Å². The Kier molecular flexibility index (Phi) is 4.42. The minimum absolute atomic E-state index is 0.104. The number of nitrogen functional groups attached to an aromatic ring is 1. The number of nitrogens with two attached hydrogens (primary N) is 1. The molecule has 2 rings (SSSR count). The van der Waals surface area contributed by atoms with Crippen molar-refractivity contribution in [3.63, 3.8) is 0 Å². The number of anilines is 2. The zero-order valence-electron chi connectivity index (χ0n) is 12.2. The molecule has 112 valence electrons. The van der Waals surface area contributed by atoms with Gasteiger partial charge < -0.3 is 15.2 Å². The summed E-state index contributed by atoms with van der Waals surface area (Å²) in [4.78, 5) is 25.3. The Morgan fingerprint density at radius 1 is 1.19 bits per heavy atom. The van der Waals surface area contributed by atoms with E-state index in [1.807, 2.05) is 19.0 Å². The average Bonchev–Trinajstić information content (AvgIpc) is 2.44. The summed E-state index contributed by atoms with van der Waals surface area (Å²) in [5, 5.41) is 4.12. The molecule has 0 aliphatic heterocycles. The van der Waals surface area contributed by atoms with Gasteiger partial charge in [-0.25, -0.2) is 4.68 Å². The van der Waals surface area contributed by atoms with Crippen LogP contribution in [0.1, 0.15) is 6.42 Å². The van der Waals surface area contributed by atoms with Gasteiger partial charge in [0.2, 0.25) is 0 Å². The molecule has 0 aliphatic carbocycles. The van der Waals surface area contributed by atoms with Gasteiger partial charge in [0.15, 0.2) is 0 Å². The minimum Gasteiger partial charge on any atom is -0.398 e. The van der Waals surface area contributed by atoms with Crippen LogP contribution in [-0.2, 0) is 13.1 Å². The fraction of sp³-hybridized carbons (Fsp3) is 0.357. The number of aromatic nitrogens is 3. The Hall–Kier alpha value is -2.57. The third-order valence-corrected chi connectivity index (χ3v) is 3.15. The maximum atomic E-state index is 11.9. The van der Waals surface area contributed by atoms with E-state index in [2.05, 4.69) is 5.10 Å². The van der Waals surface area contributed by atoms with E-state index in [1.54, 1.807) is 24.5 Å². The standard InChI is InChI=1S/C14H19N5O2/c1-17(2)12-8-14(21)19(16-9-12)7-3-6-18-10-11(15)4-5-13(18)20/h4-5,8-10H,3,6-7,15H2,1-2H3. The van der Waals surface area contributed by atoms with Crippen LogP contribution < -0.4 is 21.8 Å². The van der Waals surface area contributed by atoms with Gasteiger partial charge >= 0.3 is 0 Å². The van der Waals surface area contributed by atoms with E-state index in [0.29, 0.717) is 25.2 Å². The Morgan fingerprint density at radius 3 is 2.62 bits per heavy atom. The van der Waals surface area contributed by atoms with Crippen molar-refractivity contribution in [2.75, 3.05) is 24.7 Å². The molecule has 0 radical (unpaired) electrons. The van der Waals surface area contributed by atoms with Crippen molar-refractivity contribution >= 4 is 11.4 Å². The van der Waals surface area contributed by atoms with Gasteiger partial charge in [0.1, 0.15) is 0 Å². The van der Waals surface area contributed by atoms with Gasteiger partial charge in [0.25, 0.3) is 11.1 Å². The van der Waals surface area contributed by atoms with Gasteiger partial charge in [0.05, 0.1) is 11.9 Å². The normalized spacial score (nSPS) is 10.6. The van der Waals surface area contributed by atoms with Crippen molar-refractivity contribution in [2.45, 2.75) is 19.5 Å². The number of nitrogens with zero attached hydrogens (tertiary/aromatic N) is 4. The summed E-state index contributed by atoms with van der Waals surface area (Å²) in [7, 11) is 3.71. The SMILES string of the molecule is CN(C)c1cnn(CCCn2cc(N)ccc2=O)c(=O)c1. The van der Waals surface area contributed by atoms with Crippen LogP contribution >= 0.6 is 0 Å². The number of hydrogen-bond acceptors (Lipinski definition) is 5. The first-order valence-electron chi connectivity index (χ1n) is 6.68.